The highest BCUT2D eigenvalue weighted by Crippen LogP contribution is 2.29. The molecule has 3 fully saturated rings. The zero-order valence-electron chi connectivity index (χ0n) is 18.5. The van der Waals surface area contributed by atoms with E-state index >= 15 is 0 Å². The highest BCUT2D eigenvalue weighted by Gasteiger charge is 2.28. The number of aromatic nitrogens is 3. The summed E-state index contributed by atoms with van der Waals surface area (Å²) < 4.78 is 35.1. The number of sulfonamides is 1. The SMILES string of the molecule is O=C(CSc1nnc(-c2ccc(S(=O)(=O)N3CCCC3)cc2)n1C[C@H]1CCCO1)NC1CC1. The first-order valence-corrected chi connectivity index (χ1v) is 14.0. The number of hydrogen-bond acceptors (Lipinski definition) is 7. The fourth-order valence-electron chi connectivity index (χ4n) is 4.25. The average molecular weight is 492 g/mol. The summed E-state index contributed by atoms with van der Waals surface area (Å²) in [6.45, 7) is 2.50. The van der Waals surface area contributed by atoms with Gasteiger partial charge < -0.3 is 10.1 Å². The Bertz CT molecular complexity index is 1090. The molecule has 5 rings (SSSR count). The minimum absolute atomic E-state index is 0.00666. The topological polar surface area (TPSA) is 106 Å². The average Bonchev–Trinajstić information content (AvgIpc) is 3.24. The van der Waals surface area contributed by atoms with E-state index in [1.54, 1.807) is 28.6 Å². The van der Waals surface area contributed by atoms with E-state index in [4.69, 9.17) is 4.74 Å². The van der Waals surface area contributed by atoms with Crippen LogP contribution < -0.4 is 5.32 Å². The molecule has 33 heavy (non-hydrogen) atoms. The molecule has 2 saturated heterocycles. The van der Waals surface area contributed by atoms with Crippen molar-refractivity contribution < 1.29 is 17.9 Å². The number of nitrogens with zero attached hydrogens (tertiary/aromatic N) is 4. The molecule has 1 aromatic carbocycles. The lowest BCUT2D eigenvalue weighted by molar-refractivity contribution is -0.118. The van der Waals surface area contributed by atoms with Crippen LogP contribution in [0.25, 0.3) is 11.4 Å². The minimum Gasteiger partial charge on any atom is -0.376 e. The predicted molar refractivity (Wildman–Crippen MR) is 124 cm³/mol. The maximum Gasteiger partial charge on any atom is 0.243 e. The van der Waals surface area contributed by atoms with Gasteiger partial charge in [-0.2, -0.15) is 4.31 Å². The Morgan fingerprint density at radius 3 is 2.52 bits per heavy atom. The minimum atomic E-state index is -3.46. The molecule has 0 bridgehead atoms. The largest absolute Gasteiger partial charge is 0.376 e. The van der Waals surface area contributed by atoms with Gasteiger partial charge in [0.2, 0.25) is 15.9 Å². The van der Waals surface area contributed by atoms with Crippen molar-refractivity contribution in [1.29, 1.82) is 0 Å². The zero-order chi connectivity index (χ0) is 22.8. The maximum absolute atomic E-state index is 12.8. The summed E-state index contributed by atoms with van der Waals surface area (Å²) in [5.41, 5.74) is 0.787. The number of amides is 1. The maximum atomic E-state index is 12.8. The second-order valence-corrected chi connectivity index (χ2v) is 11.7. The molecule has 1 amide bonds. The molecule has 11 heteroatoms. The Labute approximate surface area is 198 Å². The van der Waals surface area contributed by atoms with Gasteiger partial charge in [-0.25, -0.2) is 8.42 Å². The quantitative estimate of drug-likeness (QED) is 0.536. The smallest absolute Gasteiger partial charge is 0.243 e. The second-order valence-electron chi connectivity index (χ2n) is 8.82. The van der Waals surface area contributed by atoms with E-state index in [0.717, 1.165) is 50.7 Å². The van der Waals surface area contributed by atoms with Crippen molar-refractivity contribution in [1.82, 2.24) is 24.4 Å². The molecule has 9 nitrogen and oxygen atoms in total. The highest BCUT2D eigenvalue weighted by atomic mass is 32.2. The van der Waals surface area contributed by atoms with Crippen LogP contribution in [-0.2, 0) is 26.1 Å². The summed E-state index contributed by atoms with van der Waals surface area (Å²) in [6, 6.07) is 7.18. The van der Waals surface area contributed by atoms with E-state index < -0.39 is 10.0 Å². The molecule has 1 N–H and O–H groups in total. The third kappa shape index (κ3) is 5.26. The standard InChI is InChI=1S/C22H29N5O4S2/c28-20(23-17-7-8-17)15-32-22-25-24-21(27(22)14-18-4-3-13-31-18)16-5-9-19(10-6-16)33(29,30)26-11-1-2-12-26/h5-6,9-10,17-18H,1-4,7-8,11-15H2,(H,23,28)/t18-/m1/s1. The molecule has 0 unspecified atom stereocenters. The van der Waals surface area contributed by atoms with Crippen LogP contribution in [0.5, 0.6) is 0 Å². The van der Waals surface area contributed by atoms with Crippen molar-refractivity contribution in [3.63, 3.8) is 0 Å². The third-order valence-electron chi connectivity index (χ3n) is 6.22. The van der Waals surface area contributed by atoms with Crippen LogP contribution in [-0.4, -0.2) is 71.0 Å². The third-order valence-corrected chi connectivity index (χ3v) is 9.10. The van der Waals surface area contributed by atoms with Crippen molar-refractivity contribution in [2.45, 2.75) is 67.3 Å². The Hall–Kier alpha value is -1.95. The lowest BCUT2D eigenvalue weighted by atomic mass is 10.2. The van der Waals surface area contributed by atoms with E-state index in [1.165, 1.54) is 11.8 Å². The molecular formula is C22H29N5O4S2. The van der Waals surface area contributed by atoms with E-state index in [2.05, 4.69) is 15.5 Å². The van der Waals surface area contributed by atoms with Crippen LogP contribution in [0.1, 0.15) is 38.5 Å². The van der Waals surface area contributed by atoms with Gasteiger partial charge in [0.05, 0.1) is 23.3 Å². The molecule has 2 aromatic rings. The van der Waals surface area contributed by atoms with Gasteiger partial charge in [0.25, 0.3) is 0 Å². The molecule has 3 aliphatic rings. The molecule has 178 valence electrons. The molecule has 0 spiro atoms. The number of rotatable bonds is 9. The van der Waals surface area contributed by atoms with Crippen LogP contribution in [0.15, 0.2) is 34.3 Å². The van der Waals surface area contributed by atoms with E-state index in [1.807, 2.05) is 4.57 Å². The molecular weight excluding hydrogens is 462 g/mol. The van der Waals surface area contributed by atoms with Gasteiger partial charge in [0.1, 0.15) is 0 Å². The summed E-state index contributed by atoms with van der Waals surface area (Å²) in [5, 5.41) is 12.4. The molecule has 1 saturated carbocycles. The predicted octanol–water partition coefficient (Wildman–Crippen LogP) is 2.28. The monoisotopic (exact) mass is 491 g/mol. The lowest BCUT2D eigenvalue weighted by Crippen LogP contribution is -2.27. The van der Waals surface area contributed by atoms with Gasteiger partial charge in [0, 0.05) is 31.3 Å². The second kappa shape index (κ2) is 9.73. The van der Waals surface area contributed by atoms with Gasteiger partial charge in [0.15, 0.2) is 11.0 Å². The van der Waals surface area contributed by atoms with E-state index in [9.17, 15) is 13.2 Å². The van der Waals surface area contributed by atoms with Crippen LogP contribution in [0.4, 0.5) is 0 Å². The van der Waals surface area contributed by atoms with Crippen molar-refractivity contribution in [3.05, 3.63) is 24.3 Å². The molecule has 3 heterocycles. The summed E-state index contributed by atoms with van der Waals surface area (Å²) in [5.74, 6) is 0.945. The van der Waals surface area contributed by atoms with Crippen molar-refractivity contribution in [2.24, 2.45) is 0 Å². The van der Waals surface area contributed by atoms with Gasteiger partial charge in [-0.1, -0.05) is 11.8 Å². The van der Waals surface area contributed by atoms with Crippen LogP contribution in [0, 0.1) is 0 Å². The Morgan fingerprint density at radius 1 is 1.09 bits per heavy atom. The number of ether oxygens (including phenoxy) is 1. The van der Waals surface area contributed by atoms with Crippen molar-refractivity contribution in [2.75, 3.05) is 25.4 Å². The number of thioether (sulfide) groups is 1. The molecule has 0 radical (unpaired) electrons. The van der Waals surface area contributed by atoms with Gasteiger partial charge in [-0.15, -0.1) is 10.2 Å². The van der Waals surface area contributed by atoms with Crippen LogP contribution in [0.3, 0.4) is 0 Å². The first-order valence-electron chi connectivity index (χ1n) is 11.6. The fourth-order valence-corrected chi connectivity index (χ4v) is 6.52. The van der Waals surface area contributed by atoms with Gasteiger partial charge in [-0.3, -0.25) is 9.36 Å². The fraction of sp³-hybridized carbons (Fsp3) is 0.591. The van der Waals surface area contributed by atoms with Crippen LogP contribution >= 0.6 is 11.8 Å². The van der Waals surface area contributed by atoms with Gasteiger partial charge in [-0.05, 0) is 62.8 Å². The van der Waals surface area contributed by atoms with Crippen molar-refractivity contribution in [3.8, 4) is 11.4 Å². The molecule has 2 aliphatic heterocycles. The number of carbonyl (C=O) groups is 1. The van der Waals surface area contributed by atoms with E-state index in [-0.39, 0.29) is 17.8 Å². The summed E-state index contributed by atoms with van der Waals surface area (Å²) >= 11 is 1.37. The summed E-state index contributed by atoms with van der Waals surface area (Å²) in [7, 11) is -3.46. The number of carbonyl (C=O) groups excluding carboxylic acids is 1. The molecule has 1 aliphatic carbocycles. The number of hydrogen-bond donors (Lipinski definition) is 1. The highest BCUT2D eigenvalue weighted by molar-refractivity contribution is 7.99. The van der Waals surface area contributed by atoms with Crippen molar-refractivity contribution >= 4 is 27.7 Å². The Morgan fingerprint density at radius 2 is 1.85 bits per heavy atom. The first kappa shape index (κ1) is 22.8. The normalized spacial score (nSPS) is 21.5. The first-order chi connectivity index (χ1) is 16.0. The van der Waals surface area contributed by atoms with Crippen LogP contribution in [0.2, 0.25) is 0 Å². The summed E-state index contributed by atoms with van der Waals surface area (Å²) in [6.07, 6.45) is 5.99. The van der Waals surface area contributed by atoms with Gasteiger partial charge >= 0.3 is 0 Å². The Balaban J connectivity index is 1.36. The lowest BCUT2D eigenvalue weighted by Gasteiger charge is -2.16. The molecule has 1 atom stereocenters. The summed E-state index contributed by atoms with van der Waals surface area (Å²) in [4.78, 5) is 12.5. The molecule has 1 aromatic heterocycles. The number of nitrogens with one attached hydrogen (secondary N) is 1. The number of benzene rings is 1. The zero-order valence-corrected chi connectivity index (χ0v) is 20.1. The Kier molecular flexibility index (Phi) is 6.73. The van der Waals surface area contributed by atoms with E-state index in [0.29, 0.717) is 41.6 Å².